The minimum atomic E-state index is -1.11. The van der Waals surface area contributed by atoms with Crippen LogP contribution in [-0.4, -0.2) is 5.97 Å². The van der Waals surface area contributed by atoms with Crippen LogP contribution in [0, 0.1) is 17.5 Å². The number of rotatable bonds is 3. The molecule has 0 aliphatic carbocycles. The molecule has 2 rings (SSSR count). The predicted octanol–water partition coefficient (Wildman–Crippen LogP) is 3.81. The molecule has 0 fully saturated rings. The third kappa shape index (κ3) is 3.55. The summed E-state index contributed by atoms with van der Waals surface area (Å²) in [6.07, 6.45) is 0. The summed E-state index contributed by atoms with van der Waals surface area (Å²) in [5.41, 5.74) is 4.26. The number of nitrogens with two attached hydrogens (primary N) is 1. The van der Waals surface area contributed by atoms with Crippen molar-refractivity contribution in [3.8, 4) is 0 Å². The molecule has 0 saturated carbocycles. The molecule has 0 spiro atoms. The summed E-state index contributed by atoms with van der Waals surface area (Å²) in [6, 6.07) is 5.42. The van der Waals surface area contributed by atoms with E-state index in [1.165, 1.54) is 18.2 Å². The van der Waals surface area contributed by atoms with Gasteiger partial charge in [0.05, 0.1) is 11.3 Å². The number of halogens is 4. The van der Waals surface area contributed by atoms with Crippen LogP contribution in [0.15, 0.2) is 34.8 Å². The second-order valence-electron chi connectivity index (χ2n) is 4.17. The highest BCUT2D eigenvalue weighted by atomic mass is 79.9. The summed E-state index contributed by atoms with van der Waals surface area (Å²) in [5.74, 6) is -3.62. The molecule has 0 aliphatic heterocycles. The number of benzene rings is 2. The van der Waals surface area contributed by atoms with Gasteiger partial charge in [0.1, 0.15) is 24.1 Å². The van der Waals surface area contributed by atoms with Crippen LogP contribution in [0.2, 0.25) is 0 Å². The lowest BCUT2D eigenvalue weighted by atomic mass is 10.2. The van der Waals surface area contributed by atoms with Crippen LogP contribution < -0.4 is 5.73 Å². The number of carbonyl (C=O) groups excluding carboxylic acids is 1. The van der Waals surface area contributed by atoms with Crippen molar-refractivity contribution in [2.45, 2.75) is 6.61 Å². The first kappa shape index (κ1) is 15.4. The molecular formula is C14H9BrF3NO2. The Morgan fingerprint density at radius 1 is 1.10 bits per heavy atom. The molecular weight excluding hydrogens is 351 g/mol. The van der Waals surface area contributed by atoms with E-state index in [1.54, 1.807) is 0 Å². The Kier molecular flexibility index (Phi) is 4.52. The number of nitrogen functional groups attached to an aromatic ring is 1. The molecule has 2 N–H and O–H groups in total. The van der Waals surface area contributed by atoms with Crippen LogP contribution in [0.1, 0.15) is 15.9 Å². The maximum Gasteiger partial charge on any atom is 0.341 e. The van der Waals surface area contributed by atoms with Crippen molar-refractivity contribution in [2.75, 3.05) is 5.73 Å². The summed E-state index contributed by atoms with van der Waals surface area (Å²) >= 11 is 3.15. The van der Waals surface area contributed by atoms with Crippen molar-refractivity contribution < 1.29 is 22.7 Å². The van der Waals surface area contributed by atoms with Crippen LogP contribution in [0.25, 0.3) is 0 Å². The second kappa shape index (κ2) is 6.17. The maximum absolute atomic E-state index is 13.5. The summed E-state index contributed by atoms with van der Waals surface area (Å²) in [7, 11) is 0. The largest absolute Gasteiger partial charge is 0.457 e. The molecule has 0 atom stereocenters. The molecule has 2 aromatic rings. The molecule has 21 heavy (non-hydrogen) atoms. The number of hydrogen-bond donors (Lipinski definition) is 1. The highest BCUT2D eigenvalue weighted by Gasteiger charge is 2.17. The number of esters is 1. The van der Waals surface area contributed by atoms with E-state index in [2.05, 4.69) is 15.9 Å². The van der Waals surface area contributed by atoms with E-state index in [0.717, 1.165) is 0 Å². The van der Waals surface area contributed by atoms with Crippen LogP contribution in [0.4, 0.5) is 18.9 Å². The fourth-order valence-corrected chi connectivity index (χ4v) is 2.00. The van der Waals surface area contributed by atoms with Gasteiger partial charge in [-0.15, -0.1) is 0 Å². The van der Waals surface area contributed by atoms with Crippen molar-refractivity contribution in [1.29, 1.82) is 0 Å². The SMILES string of the molecule is Nc1cc(F)c(C(=O)OCc2cc(Br)ccc2F)cc1F. The van der Waals surface area contributed by atoms with Crippen LogP contribution in [0.5, 0.6) is 0 Å². The van der Waals surface area contributed by atoms with Crippen molar-refractivity contribution >= 4 is 27.6 Å². The third-order valence-corrected chi connectivity index (χ3v) is 3.17. The molecule has 0 saturated heterocycles. The fraction of sp³-hybridized carbons (Fsp3) is 0.0714. The van der Waals surface area contributed by atoms with Gasteiger partial charge in [-0.3, -0.25) is 0 Å². The quantitative estimate of drug-likeness (QED) is 0.669. The van der Waals surface area contributed by atoms with Gasteiger partial charge in [0, 0.05) is 16.1 Å². The van der Waals surface area contributed by atoms with Gasteiger partial charge in [-0.2, -0.15) is 0 Å². The summed E-state index contributed by atoms with van der Waals surface area (Å²) < 4.78 is 45.6. The van der Waals surface area contributed by atoms with Gasteiger partial charge in [-0.25, -0.2) is 18.0 Å². The lowest BCUT2D eigenvalue weighted by Crippen LogP contribution is -2.10. The third-order valence-electron chi connectivity index (χ3n) is 2.67. The molecule has 0 unspecified atom stereocenters. The van der Waals surface area contributed by atoms with Gasteiger partial charge in [0.25, 0.3) is 0 Å². The molecule has 0 aromatic heterocycles. The highest BCUT2D eigenvalue weighted by Crippen LogP contribution is 2.19. The first-order valence-corrected chi connectivity index (χ1v) is 6.53. The van der Waals surface area contributed by atoms with Crippen molar-refractivity contribution in [1.82, 2.24) is 0 Å². The predicted molar refractivity (Wildman–Crippen MR) is 74.0 cm³/mol. The van der Waals surface area contributed by atoms with Crippen molar-refractivity contribution in [3.63, 3.8) is 0 Å². The topological polar surface area (TPSA) is 52.3 Å². The van der Waals surface area contributed by atoms with Gasteiger partial charge < -0.3 is 10.5 Å². The van der Waals surface area contributed by atoms with Crippen LogP contribution >= 0.6 is 15.9 Å². The first-order valence-electron chi connectivity index (χ1n) is 5.74. The second-order valence-corrected chi connectivity index (χ2v) is 5.08. The first-order chi connectivity index (χ1) is 9.88. The monoisotopic (exact) mass is 359 g/mol. The summed E-state index contributed by atoms with van der Waals surface area (Å²) in [4.78, 5) is 11.7. The van der Waals surface area contributed by atoms with E-state index in [1.807, 2.05) is 0 Å². The van der Waals surface area contributed by atoms with Gasteiger partial charge in [-0.05, 0) is 24.3 Å². The maximum atomic E-state index is 13.5. The summed E-state index contributed by atoms with van der Waals surface area (Å²) in [6.45, 7) is -0.407. The molecule has 2 aromatic carbocycles. The Bertz CT molecular complexity index is 707. The zero-order valence-electron chi connectivity index (χ0n) is 10.5. The smallest absolute Gasteiger partial charge is 0.341 e. The van der Waals surface area contributed by atoms with E-state index in [-0.39, 0.29) is 5.56 Å². The molecule has 7 heteroatoms. The average molecular weight is 360 g/mol. The average Bonchev–Trinajstić information content (AvgIpc) is 2.43. The fourth-order valence-electron chi connectivity index (χ4n) is 1.59. The molecule has 0 heterocycles. The zero-order chi connectivity index (χ0) is 15.6. The Hall–Kier alpha value is -2.02. The Morgan fingerprint density at radius 2 is 1.81 bits per heavy atom. The minimum absolute atomic E-state index is 0.106. The number of anilines is 1. The van der Waals surface area contributed by atoms with Gasteiger partial charge in [0.2, 0.25) is 0 Å². The van der Waals surface area contributed by atoms with E-state index in [9.17, 15) is 18.0 Å². The highest BCUT2D eigenvalue weighted by molar-refractivity contribution is 9.10. The number of carbonyl (C=O) groups is 1. The summed E-state index contributed by atoms with van der Waals surface area (Å²) in [5, 5.41) is 0. The molecule has 0 bridgehead atoms. The van der Waals surface area contributed by atoms with E-state index >= 15 is 0 Å². The molecule has 110 valence electrons. The van der Waals surface area contributed by atoms with E-state index < -0.39 is 41.3 Å². The molecule has 0 amide bonds. The molecule has 0 aliphatic rings. The van der Waals surface area contributed by atoms with E-state index in [4.69, 9.17) is 10.5 Å². The van der Waals surface area contributed by atoms with E-state index in [0.29, 0.717) is 16.6 Å². The van der Waals surface area contributed by atoms with Gasteiger partial charge in [0.15, 0.2) is 0 Å². The molecule has 0 radical (unpaired) electrons. The van der Waals surface area contributed by atoms with Crippen LogP contribution in [-0.2, 0) is 11.3 Å². The van der Waals surface area contributed by atoms with Crippen molar-refractivity contribution in [3.05, 3.63) is 63.4 Å². The number of hydrogen-bond acceptors (Lipinski definition) is 3. The molecule has 3 nitrogen and oxygen atoms in total. The standard InChI is InChI=1S/C14H9BrF3NO2/c15-8-1-2-10(16)7(3-8)6-21-14(20)9-4-12(18)13(19)5-11(9)17/h1-5H,6,19H2. The Morgan fingerprint density at radius 3 is 2.52 bits per heavy atom. The Balaban J connectivity index is 2.15. The van der Waals surface area contributed by atoms with Crippen LogP contribution in [0.3, 0.4) is 0 Å². The zero-order valence-corrected chi connectivity index (χ0v) is 12.1. The lowest BCUT2D eigenvalue weighted by molar-refractivity contribution is 0.0463. The number of ether oxygens (including phenoxy) is 1. The normalized spacial score (nSPS) is 10.5. The lowest BCUT2D eigenvalue weighted by Gasteiger charge is -2.08. The van der Waals surface area contributed by atoms with Gasteiger partial charge >= 0.3 is 5.97 Å². The van der Waals surface area contributed by atoms with Crippen molar-refractivity contribution in [2.24, 2.45) is 0 Å². The minimum Gasteiger partial charge on any atom is -0.457 e. The van der Waals surface area contributed by atoms with Gasteiger partial charge in [-0.1, -0.05) is 15.9 Å². The Labute approximate surface area is 126 Å².